The van der Waals surface area contributed by atoms with Gasteiger partial charge in [0.2, 0.25) is 0 Å². The van der Waals surface area contributed by atoms with E-state index in [1.807, 2.05) is 20.8 Å². The minimum absolute atomic E-state index is 0.106. The van der Waals surface area contributed by atoms with Crippen LogP contribution in [-0.4, -0.2) is 49.4 Å². The van der Waals surface area contributed by atoms with E-state index in [1.54, 1.807) is 12.0 Å². The molecule has 1 amide bonds. The number of likely N-dealkylation sites (tertiary alicyclic amines) is 1. The van der Waals surface area contributed by atoms with Crippen molar-refractivity contribution in [2.45, 2.75) is 38.8 Å². The van der Waals surface area contributed by atoms with Crippen LogP contribution < -0.4 is 0 Å². The molecule has 0 aromatic carbocycles. The van der Waals surface area contributed by atoms with Crippen LogP contribution >= 0.6 is 0 Å². The van der Waals surface area contributed by atoms with E-state index in [0.29, 0.717) is 13.2 Å². The summed E-state index contributed by atoms with van der Waals surface area (Å²) in [6, 6.07) is -0.106. The van der Waals surface area contributed by atoms with E-state index >= 15 is 0 Å². The van der Waals surface area contributed by atoms with Gasteiger partial charge < -0.3 is 14.4 Å². The second-order valence-corrected chi connectivity index (χ2v) is 5.76. The Morgan fingerprint density at radius 2 is 2.21 bits per heavy atom. The third-order valence-electron chi connectivity index (χ3n) is 2.89. The van der Waals surface area contributed by atoms with Crippen LogP contribution in [0.4, 0.5) is 4.79 Å². The van der Waals surface area contributed by atoms with Crippen LogP contribution in [0, 0.1) is 5.92 Å². The minimum Gasteiger partial charge on any atom is -0.444 e. The van der Waals surface area contributed by atoms with Gasteiger partial charge in [-0.3, -0.25) is 0 Å². The highest BCUT2D eigenvalue weighted by molar-refractivity contribution is 5.69. The first-order valence-electron chi connectivity index (χ1n) is 6.36. The largest absolute Gasteiger partial charge is 0.444 e. The second kappa shape index (κ2) is 6.63. The van der Waals surface area contributed by atoms with E-state index in [0.717, 1.165) is 6.42 Å². The van der Waals surface area contributed by atoms with E-state index in [9.17, 15) is 4.79 Å². The van der Waals surface area contributed by atoms with Crippen molar-refractivity contribution in [2.24, 2.45) is 11.0 Å². The highest BCUT2D eigenvalue weighted by Gasteiger charge is 2.36. The van der Waals surface area contributed by atoms with Gasteiger partial charge in [-0.1, -0.05) is 5.11 Å². The molecule has 0 bridgehead atoms. The quantitative estimate of drug-likeness (QED) is 0.447. The molecule has 0 aromatic rings. The molecule has 0 aliphatic carbocycles. The third-order valence-corrected chi connectivity index (χ3v) is 2.89. The average molecular weight is 270 g/mol. The molecule has 0 spiro atoms. The van der Waals surface area contributed by atoms with Crippen molar-refractivity contribution in [1.29, 1.82) is 0 Å². The Bertz CT molecular complexity index is 360. The smallest absolute Gasteiger partial charge is 0.410 e. The normalized spacial score (nSPS) is 23.1. The van der Waals surface area contributed by atoms with Crippen LogP contribution in [0.25, 0.3) is 10.4 Å². The zero-order valence-corrected chi connectivity index (χ0v) is 12.0. The van der Waals surface area contributed by atoms with Crippen molar-refractivity contribution in [1.82, 2.24) is 4.90 Å². The van der Waals surface area contributed by atoms with Crippen LogP contribution in [-0.2, 0) is 9.47 Å². The fraction of sp³-hybridized carbons (Fsp3) is 0.917. The van der Waals surface area contributed by atoms with Crippen molar-refractivity contribution >= 4 is 6.09 Å². The number of nitrogens with zero attached hydrogens (tertiary/aromatic N) is 4. The number of hydrogen-bond acceptors (Lipinski definition) is 4. The van der Waals surface area contributed by atoms with E-state index < -0.39 is 5.60 Å². The molecule has 1 fully saturated rings. The molecule has 1 aliphatic rings. The van der Waals surface area contributed by atoms with Gasteiger partial charge in [0.05, 0.1) is 6.61 Å². The molecular formula is C12H22N4O3. The predicted octanol–water partition coefficient (Wildman–Crippen LogP) is 2.57. The molecule has 7 heteroatoms. The van der Waals surface area contributed by atoms with E-state index in [-0.39, 0.29) is 24.6 Å². The molecule has 0 saturated carbocycles. The molecule has 1 aliphatic heterocycles. The predicted molar refractivity (Wildman–Crippen MR) is 70.7 cm³/mol. The molecule has 0 radical (unpaired) electrons. The lowest BCUT2D eigenvalue weighted by molar-refractivity contribution is 0.0221. The maximum atomic E-state index is 12.1. The lowest BCUT2D eigenvalue weighted by atomic mass is 10.1. The lowest BCUT2D eigenvalue weighted by Gasteiger charge is -2.27. The van der Waals surface area contributed by atoms with Crippen molar-refractivity contribution in [3.05, 3.63) is 10.4 Å². The van der Waals surface area contributed by atoms with Crippen molar-refractivity contribution < 1.29 is 14.3 Å². The number of methoxy groups -OCH3 is 1. The summed E-state index contributed by atoms with van der Waals surface area (Å²) >= 11 is 0. The lowest BCUT2D eigenvalue weighted by Crippen LogP contribution is -2.41. The Morgan fingerprint density at radius 3 is 2.74 bits per heavy atom. The van der Waals surface area contributed by atoms with Crippen molar-refractivity contribution in [3.8, 4) is 0 Å². The summed E-state index contributed by atoms with van der Waals surface area (Å²) in [5, 5.41) is 3.57. The molecule has 1 heterocycles. The van der Waals surface area contributed by atoms with Gasteiger partial charge in [0.1, 0.15) is 5.60 Å². The number of carbonyl (C=O) groups is 1. The van der Waals surface area contributed by atoms with Crippen molar-refractivity contribution in [2.75, 3.05) is 26.8 Å². The standard InChI is InChI=1S/C12H22N4O3/c1-12(2,3)19-11(17)16-7-9(8-18-4)5-10(16)6-14-15-13/h9-10H,5-8H2,1-4H3/t9-,10-/m0/s1. The Balaban J connectivity index is 2.70. The summed E-state index contributed by atoms with van der Waals surface area (Å²) in [5.41, 5.74) is 7.88. The van der Waals surface area contributed by atoms with Crippen LogP contribution in [0.15, 0.2) is 5.11 Å². The average Bonchev–Trinajstić information content (AvgIpc) is 2.68. The number of hydrogen-bond donors (Lipinski definition) is 0. The monoisotopic (exact) mass is 270 g/mol. The highest BCUT2D eigenvalue weighted by Crippen LogP contribution is 2.26. The minimum atomic E-state index is -0.528. The second-order valence-electron chi connectivity index (χ2n) is 5.76. The number of amides is 1. The molecule has 7 nitrogen and oxygen atoms in total. The zero-order chi connectivity index (χ0) is 14.5. The van der Waals surface area contributed by atoms with Gasteiger partial charge >= 0.3 is 6.09 Å². The first-order chi connectivity index (χ1) is 8.87. The summed E-state index contributed by atoms with van der Waals surface area (Å²) in [5.74, 6) is 0.261. The van der Waals surface area contributed by atoms with Gasteiger partial charge in [0, 0.05) is 37.1 Å². The Hall–Kier alpha value is -1.46. The third kappa shape index (κ3) is 4.96. The number of ether oxygens (including phenoxy) is 2. The molecule has 0 unspecified atom stereocenters. The maximum Gasteiger partial charge on any atom is 0.410 e. The Kier molecular flexibility index (Phi) is 5.44. The number of carbonyl (C=O) groups excluding carboxylic acids is 1. The Morgan fingerprint density at radius 1 is 1.53 bits per heavy atom. The summed E-state index contributed by atoms with van der Waals surface area (Å²) in [7, 11) is 1.64. The van der Waals surface area contributed by atoms with Crippen LogP contribution in [0.5, 0.6) is 0 Å². The molecule has 19 heavy (non-hydrogen) atoms. The highest BCUT2D eigenvalue weighted by atomic mass is 16.6. The van der Waals surface area contributed by atoms with Crippen LogP contribution in [0.2, 0.25) is 0 Å². The first kappa shape index (κ1) is 15.6. The molecule has 1 saturated heterocycles. The molecule has 108 valence electrons. The number of azide groups is 1. The van der Waals surface area contributed by atoms with Gasteiger partial charge in [0.15, 0.2) is 0 Å². The molecule has 0 aromatic heterocycles. The van der Waals surface area contributed by atoms with E-state index in [2.05, 4.69) is 10.0 Å². The fourth-order valence-corrected chi connectivity index (χ4v) is 2.22. The van der Waals surface area contributed by atoms with E-state index in [4.69, 9.17) is 15.0 Å². The van der Waals surface area contributed by atoms with Gasteiger partial charge in [-0.2, -0.15) is 0 Å². The zero-order valence-electron chi connectivity index (χ0n) is 12.0. The SMILES string of the molecule is COC[C@H]1C[C@@H](CN=[N+]=[N-])N(C(=O)OC(C)(C)C)C1. The Labute approximate surface area is 113 Å². The molecule has 2 atom stereocenters. The van der Waals surface area contributed by atoms with Gasteiger partial charge in [-0.15, -0.1) is 0 Å². The van der Waals surface area contributed by atoms with Gasteiger partial charge in [-0.05, 0) is 32.7 Å². The van der Waals surface area contributed by atoms with Gasteiger partial charge in [-0.25, -0.2) is 4.79 Å². The summed E-state index contributed by atoms with van der Waals surface area (Å²) in [4.78, 5) is 16.5. The number of rotatable bonds is 4. The van der Waals surface area contributed by atoms with Gasteiger partial charge in [0.25, 0.3) is 0 Å². The summed E-state index contributed by atoms with van der Waals surface area (Å²) < 4.78 is 10.5. The topological polar surface area (TPSA) is 87.5 Å². The maximum absolute atomic E-state index is 12.1. The van der Waals surface area contributed by atoms with Crippen LogP contribution in [0.3, 0.4) is 0 Å². The molecule has 0 N–H and O–H groups in total. The molecular weight excluding hydrogens is 248 g/mol. The summed E-state index contributed by atoms with van der Waals surface area (Å²) in [6.45, 7) is 6.93. The van der Waals surface area contributed by atoms with Crippen molar-refractivity contribution in [3.63, 3.8) is 0 Å². The van der Waals surface area contributed by atoms with E-state index in [1.165, 1.54) is 0 Å². The fourth-order valence-electron chi connectivity index (χ4n) is 2.22. The first-order valence-corrected chi connectivity index (χ1v) is 6.36. The summed E-state index contributed by atoms with van der Waals surface area (Å²) in [6.07, 6.45) is 0.413. The van der Waals surface area contributed by atoms with Crippen LogP contribution in [0.1, 0.15) is 27.2 Å². The molecule has 1 rings (SSSR count).